The standard InChI is InChI=1S/C51H63N7O11S2/c1-50(2,3)68-48(59)52-39-18-16-38(17-19-39)43-26-27-44(70(61,62)33-37-28-56(29-37)49(60)69-51(4,5)6)46(45(43)47-53-54-55-58(47)32-36-14-24-42(67-9)25-15-36)71(63,64)57(30-34-10-20-40(65-7)21-11-34)31-35-12-22-41(66-8)23-13-35/h10-16,20-27,37,39H,17-19,28-33H2,1-9H3,(H,52,59). The molecular weight excluding hydrogens is 951 g/mol. The summed E-state index contributed by atoms with van der Waals surface area (Å²) in [7, 11) is -4.75. The lowest BCUT2D eigenvalue weighted by Gasteiger charge is -2.39. The van der Waals surface area contributed by atoms with Crippen LogP contribution in [0.15, 0.2) is 101 Å². The molecule has 1 aromatic heterocycles. The molecule has 71 heavy (non-hydrogen) atoms. The maximum atomic E-state index is 16.2. The molecule has 0 radical (unpaired) electrons. The molecule has 1 atom stereocenters. The van der Waals surface area contributed by atoms with Crippen molar-refractivity contribution < 1.29 is 50.1 Å². The average Bonchev–Trinajstić information content (AvgIpc) is 3.76. The predicted molar refractivity (Wildman–Crippen MR) is 266 cm³/mol. The Morgan fingerprint density at radius 3 is 1.76 bits per heavy atom. The number of methoxy groups -OCH3 is 3. The lowest BCUT2D eigenvalue weighted by Crippen LogP contribution is -2.53. The van der Waals surface area contributed by atoms with Gasteiger partial charge >= 0.3 is 12.2 Å². The fourth-order valence-electron chi connectivity index (χ4n) is 8.41. The summed E-state index contributed by atoms with van der Waals surface area (Å²) in [5, 5.41) is 15.8. The third-order valence-electron chi connectivity index (χ3n) is 11.9. The van der Waals surface area contributed by atoms with Crippen molar-refractivity contribution in [1.82, 2.24) is 34.7 Å². The number of allylic oxidation sites excluding steroid dienone is 1. The van der Waals surface area contributed by atoms with Crippen LogP contribution in [0.4, 0.5) is 9.59 Å². The summed E-state index contributed by atoms with van der Waals surface area (Å²) in [6.45, 7) is 10.5. The Labute approximate surface area is 416 Å². The zero-order chi connectivity index (χ0) is 51.3. The third kappa shape index (κ3) is 13.1. The zero-order valence-electron chi connectivity index (χ0n) is 41.7. The number of nitrogens with one attached hydrogen (secondary N) is 1. The highest BCUT2D eigenvalue weighted by Gasteiger charge is 2.42. The molecule has 2 amide bonds. The Kier molecular flexibility index (Phi) is 15.8. The quantitative estimate of drug-likeness (QED) is 0.0939. The van der Waals surface area contributed by atoms with Crippen molar-refractivity contribution in [1.29, 1.82) is 0 Å². The van der Waals surface area contributed by atoms with Gasteiger partial charge in [-0.2, -0.15) is 4.31 Å². The fourth-order valence-corrected chi connectivity index (χ4v) is 12.5. The Morgan fingerprint density at radius 1 is 0.732 bits per heavy atom. The maximum absolute atomic E-state index is 16.2. The van der Waals surface area contributed by atoms with Gasteiger partial charge in [0, 0.05) is 43.7 Å². The monoisotopic (exact) mass is 1010 g/mol. The van der Waals surface area contributed by atoms with Gasteiger partial charge in [0.1, 0.15) is 33.3 Å². The summed E-state index contributed by atoms with van der Waals surface area (Å²) < 4.78 is 92.9. The van der Waals surface area contributed by atoms with E-state index < -0.39 is 64.7 Å². The number of aromatic nitrogens is 4. The van der Waals surface area contributed by atoms with Crippen LogP contribution in [0.25, 0.3) is 17.0 Å². The second-order valence-corrected chi connectivity index (χ2v) is 23.5. The summed E-state index contributed by atoms with van der Waals surface area (Å²) >= 11 is 0. The zero-order valence-corrected chi connectivity index (χ0v) is 43.3. The van der Waals surface area contributed by atoms with Gasteiger partial charge in [-0.05, 0) is 142 Å². The van der Waals surface area contributed by atoms with E-state index in [1.54, 1.807) is 115 Å². The summed E-state index contributed by atoms with van der Waals surface area (Å²) in [5.74, 6) is 0.762. The van der Waals surface area contributed by atoms with Gasteiger partial charge < -0.3 is 33.9 Å². The lowest BCUT2D eigenvalue weighted by atomic mass is 9.88. The molecule has 4 aromatic carbocycles. The molecule has 0 saturated carbocycles. The van der Waals surface area contributed by atoms with E-state index in [4.69, 9.17) is 23.7 Å². The van der Waals surface area contributed by atoms with Crippen molar-refractivity contribution in [2.75, 3.05) is 40.2 Å². The molecule has 1 unspecified atom stereocenters. The van der Waals surface area contributed by atoms with Crippen LogP contribution in [-0.2, 0) is 49.0 Å². The number of amides is 2. The van der Waals surface area contributed by atoms with Crippen molar-refractivity contribution in [2.24, 2.45) is 5.92 Å². The number of rotatable bonds is 17. The minimum absolute atomic E-state index is 0.00663. The smallest absolute Gasteiger partial charge is 0.410 e. The topological polar surface area (TPSA) is 211 Å². The first kappa shape index (κ1) is 52.3. The molecule has 5 aromatic rings. The number of hydrogen-bond donors (Lipinski definition) is 1. The molecule has 1 N–H and O–H groups in total. The van der Waals surface area contributed by atoms with Gasteiger partial charge in [-0.25, -0.2) is 31.1 Å². The Bertz CT molecular complexity index is 2890. The van der Waals surface area contributed by atoms with Crippen LogP contribution in [0.2, 0.25) is 0 Å². The summed E-state index contributed by atoms with van der Waals surface area (Å²) in [6, 6.07) is 23.8. The lowest BCUT2D eigenvalue weighted by molar-refractivity contribution is 0.00188. The van der Waals surface area contributed by atoms with E-state index in [0.717, 1.165) is 5.56 Å². The van der Waals surface area contributed by atoms with E-state index in [1.165, 1.54) is 34.2 Å². The number of carbonyl (C=O) groups is 2. The summed E-state index contributed by atoms with van der Waals surface area (Å²) in [5.41, 5.74) is 1.58. The van der Waals surface area contributed by atoms with Crippen molar-refractivity contribution in [3.05, 3.63) is 113 Å². The number of carbonyl (C=O) groups excluding carboxylic acids is 2. The molecule has 1 fully saturated rings. The Balaban J connectivity index is 1.42. The SMILES string of the molecule is COc1ccc(CN(Cc2ccc(OC)cc2)S(=O)(=O)c2c(S(=O)(=O)CC3CN(C(=O)OC(C)(C)C)C3)ccc(C3=CCC(NC(=O)OC(C)(C)C)CC3)c2-c2nnnn2Cc2ccc(OC)cc2)cc1. The Morgan fingerprint density at radius 2 is 1.27 bits per heavy atom. The normalized spacial score (nSPS) is 15.7. The number of benzene rings is 4. The summed E-state index contributed by atoms with van der Waals surface area (Å²) in [4.78, 5) is 26.3. The number of nitrogens with zero attached hydrogens (tertiary/aromatic N) is 6. The van der Waals surface area contributed by atoms with Gasteiger partial charge in [0.15, 0.2) is 15.7 Å². The van der Waals surface area contributed by atoms with E-state index in [-0.39, 0.29) is 50.2 Å². The molecule has 0 spiro atoms. The van der Waals surface area contributed by atoms with Crippen LogP contribution in [0.1, 0.15) is 83.1 Å². The molecule has 1 saturated heterocycles. The van der Waals surface area contributed by atoms with Gasteiger partial charge in [0.2, 0.25) is 10.0 Å². The largest absolute Gasteiger partial charge is 0.497 e. The molecule has 1 aliphatic carbocycles. The molecular formula is C51H63N7O11S2. The van der Waals surface area contributed by atoms with Gasteiger partial charge in [0.25, 0.3) is 0 Å². The molecule has 1 aliphatic heterocycles. The summed E-state index contributed by atoms with van der Waals surface area (Å²) in [6.07, 6.45) is 1.98. The van der Waals surface area contributed by atoms with Gasteiger partial charge in [-0.15, -0.1) is 5.10 Å². The van der Waals surface area contributed by atoms with Crippen molar-refractivity contribution in [2.45, 2.75) is 107 Å². The number of tetrazole rings is 1. The highest BCUT2D eigenvalue weighted by atomic mass is 32.2. The van der Waals surface area contributed by atoms with Crippen LogP contribution in [0, 0.1) is 5.92 Å². The van der Waals surface area contributed by atoms with Crippen molar-refractivity contribution >= 4 is 37.6 Å². The minimum atomic E-state index is -4.89. The number of hydrogen-bond acceptors (Lipinski definition) is 14. The molecule has 20 heteroatoms. The minimum Gasteiger partial charge on any atom is -0.497 e. The Hall–Kier alpha value is -6.51. The fraction of sp³-hybridized carbons (Fsp3) is 0.431. The number of sulfone groups is 1. The predicted octanol–water partition coefficient (Wildman–Crippen LogP) is 7.91. The van der Waals surface area contributed by atoms with Crippen LogP contribution >= 0.6 is 0 Å². The second-order valence-electron chi connectivity index (χ2n) is 19.7. The molecule has 18 nitrogen and oxygen atoms in total. The first-order valence-corrected chi connectivity index (χ1v) is 26.4. The molecule has 2 heterocycles. The highest BCUT2D eigenvalue weighted by molar-refractivity contribution is 7.93. The number of ether oxygens (including phenoxy) is 5. The van der Waals surface area contributed by atoms with Crippen LogP contribution in [0.5, 0.6) is 17.2 Å². The van der Waals surface area contributed by atoms with Crippen LogP contribution < -0.4 is 19.5 Å². The van der Waals surface area contributed by atoms with E-state index in [9.17, 15) is 9.59 Å². The van der Waals surface area contributed by atoms with Crippen molar-refractivity contribution in [3.8, 4) is 28.6 Å². The molecule has 0 bridgehead atoms. The third-order valence-corrected chi connectivity index (χ3v) is 15.8. The number of likely N-dealkylation sites (tertiary alicyclic amines) is 1. The average molecular weight is 1010 g/mol. The molecule has 7 rings (SSSR count). The molecule has 380 valence electrons. The second kappa shape index (κ2) is 21.5. The molecule has 2 aliphatic rings. The van der Waals surface area contributed by atoms with Crippen LogP contribution in [0.3, 0.4) is 0 Å². The first-order valence-electron chi connectivity index (χ1n) is 23.3. The van der Waals surface area contributed by atoms with E-state index in [0.29, 0.717) is 58.8 Å². The van der Waals surface area contributed by atoms with Crippen LogP contribution in [-0.4, -0.2) is 116 Å². The highest BCUT2D eigenvalue weighted by Crippen LogP contribution is 2.43. The maximum Gasteiger partial charge on any atom is 0.410 e. The number of alkyl carbamates (subject to hydrolysis) is 1. The van der Waals surface area contributed by atoms with Crippen molar-refractivity contribution in [3.63, 3.8) is 0 Å². The van der Waals surface area contributed by atoms with E-state index in [2.05, 4.69) is 20.8 Å². The van der Waals surface area contributed by atoms with E-state index >= 15 is 16.8 Å². The van der Waals surface area contributed by atoms with Gasteiger partial charge in [0.05, 0.1) is 38.5 Å². The van der Waals surface area contributed by atoms with Gasteiger partial charge in [-0.1, -0.05) is 48.5 Å². The van der Waals surface area contributed by atoms with Gasteiger partial charge in [-0.3, -0.25) is 0 Å². The first-order chi connectivity index (χ1) is 33.5. The number of sulfonamides is 1. The van der Waals surface area contributed by atoms with E-state index in [1.807, 2.05) is 18.2 Å².